The molecule has 2 saturated carbocycles. The van der Waals surface area contributed by atoms with Gasteiger partial charge in [0.2, 0.25) is 0 Å². The summed E-state index contributed by atoms with van der Waals surface area (Å²) in [6, 6.07) is 0. The van der Waals surface area contributed by atoms with Crippen LogP contribution in [0.5, 0.6) is 0 Å². The first-order valence-electron chi connectivity index (χ1n) is 9.89. The number of carbonyl (C=O) groups excluding carboxylic acids is 1. The molecule has 3 N–H and O–H groups in total. The molecular formula is C20H33NaO6. The van der Waals surface area contributed by atoms with Crippen LogP contribution in [-0.2, 0) is 9.53 Å². The SMILES string of the molecule is CC1CCC2C(C)(CO)C(O)CC[C@]2(C)C12CCC(CO)(CC(=O)[O-])O2.[Na+]. The van der Waals surface area contributed by atoms with Crippen LogP contribution in [0.2, 0.25) is 0 Å². The van der Waals surface area contributed by atoms with Crippen molar-refractivity contribution >= 4 is 5.97 Å². The zero-order chi connectivity index (χ0) is 19.4. The van der Waals surface area contributed by atoms with E-state index in [0.29, 0.717) is 19.3 Å². The van der Waals surface area contributed by atoms with Crippen LogP contribution >= 0.6 is 0 Å². The number of ether oxygens (including phenoxy) is 1. The van der Waals surface area contributed by atoms with E-state index in [0.717, 1.165) is 19.3 Å². The molecule has 0 aromatic carbocycles. The molecule has 1 saturated heterocycles. The number of rotatable bonds is 4. The van der Waals surface area contributed by atoms with Crippen LogP contribution in [0.3, 0.4) is 0 Å². The number of carboxylic acid groups (broad SMARTS) is 1. The van der Waals surface area contributed by atoms with E-state index in [9.17, 15) is 25.2 Å². The molecule has 27 heavy (non-hydrogen) atoms. The second kappa shape index (κ2) is 7.86. The fourth-order valence-corrected chi connectivity index (χ4v) is 6.69. The number of carbonyl (C=O) groups is 1. The molecule has 3 aliphatic rings. The molecule has 1 spiro atoms. The van der Waals surface area contributed by atoms with Crippen LogP contribution < -0.4 is 34.7 Å². The second-order valence-electron chi connectivity index (χ2n) is 9.55. The van der Waals surface area contributed by atoms with Gasteiger partial charge in [0.25, 0.3) is 0 Å². The van der Waals surface area contributed by atoms with Gasteiger partial charge in [0.05, 0.1) is 30.5 Å². The van der Waals surface area contributed by atoms with Crippen molar-refractivity contribution in [2.45, 2.75) is 83.0 Å². The Morgan fingerprint density at radius 2 is 1.78 bits per heavy atom. The van der Waals surface area contributed by atoms with E-state index in [2.05, 4.69) is 13.8 Å². The summed E-state index contributed by atoms with van der Waals surface area (Å²) in [6.45, 7) is 5.87. The Balaban J connectivity index is 0.00000261. The van der Waals surface area contributed by atoms with Gasteiger partial charge in [-0.1, -0.05) is 20.8 Å². The third-order valence-electron chi connectivity index (χ3n) is 8.36. The Hall–Kier alpha value is 0.310. The minimum Gasteiger partial charge on any atom is -0.550 e. The standard InChI is InChI=1S/C20H34O6.Na/c1-13-4-5-14-17(2,11-21)15(23)6-7-18(14,3)20(13)9-8-19(12-22,26-20)10-16(24)25;/h13-15,21-23H,4-12H2,1-3H3,(H,24,25);/q;+1/p-1/t13?,14?,15?,17?,18-,19?,20?;/m0./s1. The van der Waals surface area contributed by atoms with Gasteiger partial charge in [-0.25, -0.2) is 0 Å². The summed E-state index contributed by atoms with van der Waals surface area (Å²) >= 11 is 0. The predicted octanol–water partition coefficient (Wildman–Crippen LogP) is -2.38. The molecule has 3 rings (SSSR count). The first-order chi connectivity index (χ1) is 12.1. The molecule has 1 heterocycles. The quantitative estimate of drug-likeness (QED) is 0.461. The van der Waals surface area contributed by atoms with Gasteiger partial charge in [-0.15, -0.1) is 0 Å². The normalized spacial score (nSPS) is 49.5. The maximum atomic E-state index is 11.3. The monoisotopic (exact) mass is 392 g/mol. The van der Waals surface area contributed by atoms with Crippen LogP contribution in [0.25, 0.3) is 0 Å². The van der Waals surface area contributed by atoms with Gasteiger partial charge < -0.3 is 30.0 Å². The van der Waals surface area contributed by atoms with Crippen molar-refractivity contribution in [3.8, 4) is 0 Å². The van der Waals surface area contributed by atoms with Gasteiger partial charge in [0, 0.05) is 23.2 Å². The average Bonchev–Trinajstić information content (AvgIpc) is 2.98. The predicted molar refractivity (Wildman–Crippen MR) is 92.9 cm³/mol. The number of hydrogen-bond donors (Lipinski definition) is 3. The van der Waals surface area contributed by atoms with Gasteiger partial charge in [-0.2, -0.15) is 0 Å². The summed E-state index contributed by atoms with van der Waals surface area (Å²) in [5, 5.41) is 41.9. The first-order valence-corrected chi connectivity index (χ1v) is 9.89. The Bertz CT molecular complexity index is 573. The molecule has 7 atom stereocenters. The molecule has 3 fully saturated rings. The van der Waals surface area contributed by atoms with Crippen LogP contribution in [0.15, 0.2) is 0 Å². The average molecular weight is 392 g/mol. The molecular weight excluding hydrogens is 359 g/mol. The summed E-state index contributed by atoms with van der Waals surface area (Å²) in [6.07, 6.45) is 3.48. The summed E-state index contributed by atoms with van der Waals surface area (Å²) in [5.41, 5.74) is -2.53. The van der Waals surface area contributed by atoms with Crippen molar-refractivity contribution < 1.29 is 59.5 Å². The molecule has 150 valence electrons. The maximum Gasteiger partial charge on any atom is 1.00 e. The molecule has 0 bridgehead atoms. The van der Waals surface area contributed by atoms with E-state index in [1.54, 1.807) is 0 Å². The van der Waals surface area contributed by atoms with Gasteiger partial charge in [-0.05, 0) is 50.4 Å². The molecule has 1 aliphatic heterocycles. The van der Waals surface area contributed by atoms with Crippen LogP contribution in [-0.4, -0.2) is 51.8 Å². The zero-order valence-corrected chi connectivity index (χ0v) is 19.2. The summed E-state index contributed by atoms with van der Waals surface area (Å²) < 4.78 is 6.56. The molecule has 0 aromatic rings. The van der Waals surface area contributed by atoms with E-state index >= 15 is 0 Å². The number of aliphatic hydroxyl groups is 3. The number of fused-ring (bicyclic) bond motifs is 2. The summed E-state index contributed by atoms with van der Waals surface area (Å²) in [7, 11) is 0. The van der Waals surface area contributed by atoms with Gasteiger partial charge in [0.15, 0.2) is 0 Å². The molecule has 0 aromatic heterocycles. The van der Waals surface area contributed by atoms with Gasteiger partial charge >= 0.3 is 29.6 Å². The molecule has 2 aliphatic carbocycles. The minimum atomic E-state index is -1.21. The molecule has 6 nitrogen and oxygen atoms in total. The Morgan fingerprint density at radius 3 is 2.33 bits per heavy atom. The molecule has 6 unspecified atom stereocenters. The summed E-state index contributed by atoms with van der Waals surface area (Å²) in [4.78, 5) is 11.3. The van der Waals surface area contributed by atoms with Crippen LogP contribution in [0.1, 0.15) is 65.7 Å². The van der Waals surface area contributed by atoms with Crippen molar-refractivity contribution in [2.24, 2.45) is 22.7 Å². The Kier molecular flexibility index (Phi) is 6.87. The smallest absolute Gasteiger partial charge is 0.550 e. The van der Waals surface area contributed by atoms with Crippen LogP contribution in [0.4, 0.5) is 0 Å². The second-order valence-corrected chi connectivity index (χ2v) is 9.55. The Morgan fingerprint density at radius 1 is 1.11 bits per heavy atom. The van der Waals surface area contributed by atoms with E-state index in [1.807, 2.05) is 6.92 Å². The largest absolute Gasteiger partial charge is 1.00 e. The van der Waals surface area contributed by atoms with Crippen molar-refractivity contribution in [3.05, 3.63) is 0 Å². The number of aliphatic hydroxyl groups excluding tert-OH is 3. The zero-order valence-electron chi connectivity index (χ0n) is 17.2. The fourth-order valence-electron chi connectivity index (χ4n) is 6.69. The van der Waals surface area contributed by atoms with Crippen molar-refractivity contribution in [2.75, 3.05) is 13.2 Å². The van der Waals surface area contributed by atoms with E-state index in [1.165, 1.54) is 0 Å². The molecule has 7 heteroatoms. The molecule has 0 radical (unpaired) electrons. The van der Waals surface area contributed by atoms with E-state index in [4.69, 9.17) is 4.74 Å². The number of hydrogen-bond acceptors (Lipinski definition) is 6. The van der Waals surface area contributed by atoms with Crippen molar-refractivity contribution in [3.63, 3.8) is 0 Å². The van der Waals surface area contributed by atoms with Gasteiger partial charge in [-0.3, -0.25) is 0 Å². The summed E-state index contributed by atoms with van der Waals surface area (Å²) in [5.74, 6) is -0.907. The number of carboxylic acids is 1. The topological polar surface area (TPSA) is 110 Å². The fraction of sp³-hybridized carbons (Fsp3) is 0.950. The third kappa shape index (κ3) is 3.33. The van der Waals surface area contributed by atoms with Crippen LogP contribution in [0, 0.1) is 22.7 Å². The van der Waals surface area contributed by atoms with E-state index in [-0.39, 0.29) is 66.4 Å². The van der Waals surface area contributed by atoms with Crippen molar-refractivity contribution in [1.82, 2.24) is 0 Å². The molecule has 0 amide bonds. The number of aliphatic carboxylic acids is 1. The van der Waals surface area contributed by atoms with E-state index < -0.39 is 28.7 Å². The Labute approximate surface area is 184 Å². The third-order valence-corrected chi connectivity index (χ3v) is 8.36. The van der Waals surface area contributed by atoms with Gasteiger partial charge in [0.1, 0.15) is 0 Å². The van der Waals surface area contributed by atoms with Crippen molar-refractivity contribution in [1.29, 1.82) is 0 Å². The minimum absolute atomic E-state index is 0. The maximum absolute atomic E-state index is 11.3. The first kappa shape index (κ1) is 23.6.